The van der Waals surface area contributed by atoms with Gasteiger partial charge in [-0.15, -0.1) is 11.8 Å². The van der Waals surface area contributed by atoms with E-state index >= 15 is 0 Å². The molecule has 0 bridgehead atoms. The zero-order valence-electron chi connectivity index (χ0n) is 12.9. The highest BCUT2D eigenvalue weighted by atomic mass is 35.5. The molecular formula is C17H15ClN2O3S. The largest absolute Gasteiger partial charge is 0.452 e. The lowest BCUT2D eigenvalue weighted by atomic mass is 10.1. The number of carbonyl (C=O) groups excluding carboxylic acids is 2. The number of thioether (sulfide) groups is 1. The number of fused-ring (bicyclic) bond motifs is 1. The highest BCUT2D eigenvalue weighted by molar-refractivity contribution is 8.01. The van der Waals surface area contributed by atoms with Crippen molar-refractivity contribution in [1.82, 2.24) is 4.98 Å². The van der Waals surface area contributed by atoms with Gasteiger partial charge in [0.05, 0.1) is 5.02 Å². The van der Waals surface area contributed by atoms with Crippen LogP contribution in [-0.4, -0.2) is 28.2 Å². The van der Waals surface area contributed by atoms with Crippen LogP contribution >= 0.6 is 23.4 Å². The first-order valence-corrected chi connectivity index (χ1v) is 8.66. The number of hydrogen-bond acceptors (Lipinski definition) is 5. The topological polar surface area (TPSA) is 68.3 Å². The molecule has 0 aliphatic carbocycles. The SMILES string of the molecule is C[C@H](OC(=O)[C@@H]1Cc2ccccc2S1)C(=O)Nc1ccc(Cl)cn1. The second-order valence-corrected chi connectivity index (χ2v) is 7.03. The first-order chi connectivity index (χ1) is 11.5. The molecule has 7 heteroatoms. The van der Waals surface area contributed by atoms with E-state index in [0.29, 0.717) is 17.3 Å². The molecule has 0 fully saturated rings. The van der Waals surface area contributed by atoms with Gasteiger partial charge >= 0.3 is 5.97 Å². The third kappa shape index (κ3) is 3.88. The molecule has 1 amide bonds. The second-order valence-electron chi connectivity index (χ2n) is 5.35. The Hall–Kier alpha value is -2.05. The first kappa shape index (κ1) is 16.8. The highest BCUT2D eigenvalue weighted by Gasteiger charge is 2.31. The third-order valence-electron chi connectivity index (χ3n) is 3.55. The van der Waals surface area contributed by atoms with Gasteiger partial charge in [0.1, 0.15) is 11.1 Å². The number of benzene rings is 1. The summed E-state index contributed by atoms with van der Waals surface area (Å²) in [6.45, 7) is 1.54. The van der Waals surface area contributed by atoms with Crippen molar-refractivity contribution in [3.63, 3.8) is 0 Å². The zero-order chi connectivity index (χ0) is 17.1. The number of esters is 1. The summed E-state index contributed by atoms with van der Waals surface area (Å²) in [5.41, 5.74) is 1.13. The Kier molecular flexibility index (Phi) is 5.06. The van der Waals surface area contributed by atoms with Crippen LogP contribution in [-0.2, 0) is 20.7 Å². The van der Waals surface area contributed by atoms with Crippen molar-refractivity contribution in [2.24, 2.45) is 0 Å². The normalized spacial score (nSPS) is 17.0. The highest BCUT2D eigenvalue weighted by Crippen LogP contribution is 2.37. The molecule has 5 nitrogen and oxygen atoms in total. The maximum absolute atomic E-state index is 12.3. The van der Waals surface area contributed by atoms with Crippen molar-refractivity contribution in [1.29, 1.82) is 0 Å². The van der Waals surface area contributed by atoms with Crippen molar-refractivity contribution in [2.75, 3.05) is 5.32 Å². The molecule has 1 aliphatic heterocycles. The van der Waals surface area contributed by atoms with Gasteiger partial charge in [0.2, 0.25) is 0 Å². The van der Waals surface area contributed by atoms with Gasteiger partial charge in [-0.2, -0.15) is 0 Å². The molecule has 1 aromatic heterocycles. The molecule has 1 N–H and O–H groups in total. The Balaban J connectivity index is 1.54. The standard InChI is InChI=1S/C17H15ClN2O3S/c1-10(16(21)20-15-7-6-12(18)9-19-15)23-17(22)14-8-11-4-2-3-5-13(11)24-14/h2-7,9-10,14H,8H2,1H3,(H,19,20,21)/t10-,14-/m0/s1. The van der Waals surface area contributed by atoms with Gasteiger partial charge < -0.3 is 10.1 Å². The van der Waals surface area contributed by atoms with Crippen LogP contribution in [0.2, 0.25) is 5.02 Å². The Morgan fingerprint density at radius 3 is 2.83 bits per heavy atom. The average molecular weight is 363 g/mol. The van der Waals surface area contributed by atoms with Gasteiger partial charge in [-0.3, -0.25) is 9.59 Å². The monoisotopic (exact) mass is 362 g/mol. The predicted octanol–water partition coefficient (Wildman–Crippen LogP) is 3.32. The molecule has 2 heterocycles. The zero-order valence-corrected chi connectivity index (χ0v) is 14.4. The van der Waals surface area contributed by atoms with Gasteiger partial charge in [-0.25, -0.2) is 4.98 Å². The summed E-state index contributed by atoms with van der Waals surface area (Å²) in [6.07, 6.45) is 1.15. The fourth-order valence-electron chi connectivity index (χ4n) is 2.29. The molecule has 0 unspecified atom stereocenters. The van der Waals surface area contributed by atoms with Crippen LogP contribution in [0.15, 0.2) is 47.5 Å². The van der Waals surface area contributed by atoms with Gasteiger partial charge in [-0.1, -0.05) is 29.8 Å². The van der Waals surface area contributed by atoms with Gasteiger partial charge in [0, 0.05) is 11.1 Å². The van der Waals surface area contributed by atoms with Gasteiger partial charge in [0.25, 0.3) is 5.91 Å². The van der Waals surface area contributed by atoms with Crippen LogP contribution in [0.5, 0.6) is 0 Å². The van der Waals surface area contributed by atoms with E-state index in [9.17, 15) is 9.59 Å². The van der Waals surface area contributed by atoms with E-state index < -0.39 is 12.0 Å². The van der Waals surface area contributed by atoms with Crippen molar-refractivity contribution >= 4 is 41.1 Å². The number of rotatable bonds is 4. The molecule has 0 radical (unpaired) electrons. The molecule has 0 saturated heterocycles. The summed E-state index contributed by atoms with van der Waals surface area (Å²) in [6, 6.07) is 11.1. The fourth-order valence-corrected chi connectivity index (χ4v) is 3.59. The van der Waals surface area contributed by atoms with Crippen LogP contribution < -0.4 is 5.32 Å². The maximum atomic E-state index is 12.3. The van der Waals surface area contributed by atoms with E-state index in [1.165, 1.54) is 24.9 Å². The Bertz CT molecular complexity index is 742. The van der Waals surface area contributed by atoms with E-state index in [2.05, 4.69) is 10.3 Å². The average Bonchev–Trinajstić information content (AvgIpc) is 3.01. The van der Waals surface area contributed by atoms with Crippen LogP contribution in [0.3, 0.4) is 0 Å². The van der Waals surface area contributed by atoms with E-state index in [1.807, 2.05) is 24.3 Å². The van der Waals surface area contributed by atoms with Gasteiger partial charge in [0.15, 0.2) is 6.10 Å². The summed E-state index contributed by atoms with van der Waals surface area (Å²) in [4.78, 5) is 29.4. The molecule has 0 spiro atoms. The van der Waals surface area contributed by atoms with Crippen LogP contribution in [0.1, 0.15) is 12.5 Å². The van der Waals surface area contributed by atoms with E-state index in [4.69, 9.17) is 16.3 Å². The minimum Gasteiger partial charge on any atom is -0.452 e. The molecular weight excluding hydrogens is 348 g/mol. The number of halogens is 1. The minimum absolute atomic E-state index is 0.314. The number of nitrogens with one attached hydrogen (secondary N) is 1. The number of carbonyl (C=O) groups is 2. The molecule has 1 aliphatic rings. The summed E-state index contributed by atoms with van der Waals surface area (Å²) < 4.78 is 5.30. The lowest BCUT2D eigenvalue weighted by Gasteiger charge is -2.15. The second kappa shape index (κ2) is 7.23. The lowest BCUT2D eigenvalue weighted by molar-refractivity contribution is -0.152. The van der Waals surface area contributed by atoms with Crippen molar-refractivity contribution in [3.8, 4) is 0 Å². The van der Waals surface area contributed by atoms with Crippen molar-refractivity contribution in [2.45, 2.75) is 29.6 Å². The molecule has 1 aromatic carbocycles. The van der Waals surface area contributed by atoms with E-state index in [1.54, 1.807) is 12.1 Å². The van der Waals surface area contributed by atoms with Crippen LogP contribution in [0.4, 0.5) is 5.82 Å². The number of hydrogen-bond donors (Lipinski definition) is 1. The summed E-state index contributed by atoms with van der Waals surface area (Å²) in [5.74, 6) is -0.462. The molecule has 3 rings (SSSR count). The summed E-state index contributed by atoms with van der Waals surface area (Å²) in [5, 5.41) is 2.75. The van der Waals surface area contributed by atoms with Gasteiger partial charge in [-0.05, 0) is 37.1 Å². The Morgan fingerprint density at radius 1 is 1.33 bits per heavy atom. The number of ether oxygens (including phenoxy) is 1. The Morgan fingerprint density at radius 2 is 2.12 bits per heavy atom. The Labute approximate surface area is 148 Å². The fraction of sp³-hybridized carbons (Fsp3) is 0.235. The molecule has 24 heavy (non-hydrogen) atoms. The molecule has 124 valence electrons. The molecule has 2 atom stereocenters. The number of pyridine rings is 1. The minimum atomic E-state index is -0.903. The van der Waals surface area contributed by atoms with Crippen LogP contribution in [0.25, 0.3) is 0 Å². The summed E-state index contributed by atoms with van der Waals surface area (Å²) in [7, 11) is 0. The van der Waals surface area contributed by atoms with Crippen LogP contribution in [0, 0.1) is 0 Å². The number of aromatic nitrogens is 1. The number of amides is 1. The predicted molar refractivity (Wildman–Crippen MR) is 93.2 cm³/mol. The summed E-state index contributed by atoms with van der Waals surface area (Å²) >= 11 is 7.21. The maximum Gasteiger partial charge on any atom is 0.320 e. The number of anilines is 1. The van der Waals surface area contributed by atoms with E-state index in [0.717, 1.165) is 10.5 Å². The van der Waals surface area contributed by atoms with E-state index in [-0.39, 0.29) is 11.2 Å². The molecule has 0 saturated carbocycles. The first-order valence-electron chi connectivity index (χ1n) is 7.40. The molecule has 2 aromatic rings. The van der Waals surface area contributed by atoms with Crippen molar-refractivity contribution in [3.05, 3.63) is 53.2 Å². The van der Waals surface area contributed by atoms with Crippen molar-refractivity contribution < 1.29 is 14.3 Å². The lowest BCUT2D eigenvalue weighted by Crippen LogP contribution is -2.33. The number of nitrogens with zero attached hydrogens (tertiary/aromatic N) is 1. The smallest absolute Gasteiger partial charge is 0.320 e. The third-order valence-corrected chi connectivity index (χ3v) is 5.07. The quantitative estimate of drug-likeness (QED) is 0.845.